The van der Waals surface area contributed by atoms with Gasteiger partial charge in [-0.2, -0.15) is 0 Å². The van der Waals surface area contributed by atoms with Crippen molar-refractivity contribution in [3.63, 3.8) is 0 Å². The van der Waals surface area contributed by atoms with Crippen LogP contribution in [0.4, 0.5) is 0 Å². The van der Waals surface area contributed by atoms with Crippen LogP contribution >= 0.6 is 0 Å². The quantitative estimate of drug-likeness (QED) is 0.316. The Morgan fingerprint density at radius 3 is 2.32 bits per heavy atom. The van der Waals surface area contributed by atoms with Crippen molar-refractivity contribution in [1.82, 2.24) is 4.72 Å². The molecule has 0 radical (unpaired) electrons. The number of aromatic hydroxyl groups is 1. The van der Waals surface area contributed by atoms with Crippen LogP contribution in [0.3, 0.4) is 0 Å². The fourth-order valence-electron chi connectivity index (χ4n) is 1.52. The smallest absolute Gasteiger partial charge is 0.292 e. The van der Waals surface area contributed by atoms with Gasteiger partial charge in [0.15, 0.2) is 6.10 Å². The summed E-state index contributed by atoms with van der Waals surface area (Å²) in [6.07, 6.45) is -6.45. The van der Waals surface area contributed by atoms with Crippen molar-refractivity contribution in [2.75, 3.05) is 6.61 Å². The zero-order chi connectivity index (χ0) is 16.9. The molecular formula is C12H17NO8S. The summed E-state index contributed by atoms with van der Waals surface area (Å²) in [5.41, 5.74) is 0.198. The van der Waals surface area contributed by atoms with E-state index in [-0.39, 0.29) is 11.3 Å². The molecule has 0 aromatic heterocycles. The lowest BCUT2D eigenvalue weighted by Crippen LogP contribution is -2.48. The van der Waals surface area contributed by atoms with Gasteiger partial charge in [-0.15, -0.1) is 0 Å². The van der Waals surface area contributed by atoms with E-state index >= 15 is 0 Å². The monoisotopic (exact) mass is 335 g/mol. The van der Waals surface area contributed by atoms with E-state index in [4.69, 9.17) is 10.2 Å². The maximum atomic E-state index is 11.7. The Bertz CT molecular complexity index is 617. The second kappa shape index (κ2) is 7.63. The third-order valence-electron chi connectivity index (χ3n) is 2.86. The fraction of sp³-hybridized carbons (Fsp3) is 0.417. The van der Waals surface area contributed by atoms with Crippen LogP contribution < -0.4 is 4.72 Å². The molecule has 0 spiro atoms. The van der Waals surface area contributed by atoms with Gasteiger partial charge in [-0.25, -0.2) is 13.1 Å². The number of aliphatic hydroxyl groups excluding tert-OH is 4. The predicted molar refractivity (Wildman–Crippen MR) is 74.0 cm³/mol. The number of hydrogen-bond acceptors (Lipinski definition) is 8. The summed E-state index contributed by atoms with van der Waals surface area (Å²) in [6, 6.07) is 5.81. The number of hydrogen-bond donors (Lipinski definition) is 6. The van der Waals surface area contributed by atoms with Crippen molar-refractivity contribution in [2.45, 2.75) is 24.9 Å². The molecule has 10 heteroatoms. The second-order valence-corrected chi connectivity index (χ2v) is 6.16. The second-order valence-electron chi connectivity index (χ2n) is 4.46. The van der Waals surface area contributed by atoms with Gasteiger partial charge in [0.05, 0.1) is 6.61 Å². The molecule has 0 unspecified atom stereocenters. The summed E-state index contributed by atoms with van der Waals surface area (Å²) in [5.74, 6) is -0.186. The summed E-state index contributed by atoms with van der Waals surface area (Å²) in [4.78, 5) is 11.6. The van der Waals surface area contributed by atoms with Gasteiger partial charge in [-0.1, -0.05) is 18.2 Å². The maximum absolute atomic E-state index is 11.7. The number of para-hydroxylation sites is 1. The SMILES string of the molecule is O=C([C@H](O)[C@H](O)[C@H](O)CO)S(=O)(=O)NCc1ccccc1O. The van der Waals surface area contributed by atoms with E-state index in [9.17, 15) is 28.5 Å². The van der Waals surface area contributed by atoms with Crippen molar-refractivity contribution in [3.8, 4) is 5.75 Å². The van der Waals surface area contributed by atoms with Crippen molar-refractivity contribution in [3.05, 3.63) is 29.8 Å². The number of carbonyl (C=O) groups excluding carboxylic acids is 1. The molecular weight excluding hydrogens is 318 g/mol. The fourth-order valence-corrected chi connectivity index (χ4v) is 2.47. The summed E-state index contributed by atoms with van der Waals surface area (Å²) >= 11 is 0. The van der Waals surface area contributed by atoms with E-state index in [1.54, 1.807) is 6.07 Å². The first kappa shape index (κ1) is 18.5. The van der Waals surface area contributed by atoms with Crippen LogP contribution in [0.2, 0.25) is 0 Å². The Morgan fingerprint density at radius 1 is 1.18 bits per heavy atom. The molecule has 3 atom stereocenters. The first-order valence-electron chi connectivity index (χ1n) is 6.16. The van der Waals surface area contributed by atoms with Gasteiger partial charge < -0.3 is 25.5 Å². The molecule has 0 amide bonds. The summed E-state index contributed by atoms with van der Waals surface area (Å²) < 4.78 is 25.3. The minimum absolute atomic E-state index is 0.186. The molecule has 22 heavy (non-hydrogen) atoms. The van der Waals surface area contributed by atoms with Gasteiger partial charge in [0.2, 0.25) is 0 Å². The van der Waals surface area contributed by atoms with Crippen molar-refractivity contribution >= 4 is 15.1 Å². The number of nitrogens with one attached hydrogen (secondary N) is 1. The van der Waals surface area contributed by atoms with Crippen LogP contribution in [0, 0.1) is 0 Å². The van der Waals surface area contributed by atoms with E-state index in [2.05, 4.69) is 0 Å². The van der Waals surface area contributed by atoms with Gasteiger partial charge in [0, 0.05) is 12.1 Å². The number of phenolic OH excluding ortho intramolecular Hbond substituents is 1. The Labute approximate surface area is 126 Å². The lowest BCUT2D eigenvalue weighted by Gasteiger charge is -2.20. The molecule has 0 bridgehead atoms. The molecule has 0 aliphatic heterocycles. The van der Waals surface area contributed by atoms with Crippen molar-refractivity contribution < 1.29 is 38.7 Å². The Morgan fingerprint density at radius 2 is 1.77 bits per heavy atom. The first-order chi connectivity index (χ1) is 10.2. The van der Waals surface area contributed by atoms with Gasteiger partial charge >= 0.3 is 0 Å². The molecule has 0 saturated heterocycles. The van der Waals surface area contributed by atoms with Crippen LogP contribution in [0.5, 0.6) is 5.75 Å². The lowest BCUT2D eigenvalue weighted by atomic mass is 10.1. The van der Waals surface area contributed by atoms with Crippen LogP contribution in [0.15, 0.2) is 24.3 Å². The molecule has 1 aromatic carbocycles. The standard InChI is InChI=1S/C12H17NO8S/c14-6-9(16)10(17)11(18)12(19)22(20,21)13-5-7-3-1-2-4-8(7)15/h1-4,9-11,13-18H,5-6H2/t9-,10-,11-/m1/s1. The molecule has 0 saturated carbocycles. The minimum Gasteiger partial charge on any atom is -0.508 e. The lowest BCUT2D eigenvalue weighted by molar-refractivity contribution is -0.132. The van der Waals surface area contributed by atoms with Crippen molar-refractivity contribution in [2.24, 2.45) is 0 Å². The molecule has 0 heterocycles. The molecule has 124 valence electrons. The van der Waals surface area contributed by atoms with Crippen LogP contribution in [-0.2, 0) is 21.4 Å². The van der Waals surface area contributed by atoms with E-state index in [0.717, 1.165) is 0 Å². The van der Waals surface area contributed by atoms with E-state index in [1.807, 2.05) is 4.72 Å². The zero-order valence-corrected chi connectivity index (χ0v) is 12.1. The van der Waals surface area contributed by atoms with E-state index < -0.39 is 46.6 Å². The molecule has 0 fully saturated rings. The Balaban J connectivity index is 2.77. The highest BCUT2D eigenvalue weighted by molar-refractivity contribution is 8.04. The average Bonchev–Trinajstić information content (AvgIpc) is 2.51. The number of benzene rings is 1. The summed E-state index contributed by atoms with van der Waals surface area (Å²) in [5, 5.41) is 44.2. The number of rotatable bonds is 7. The van der Waals surface area contributed by atoms with E-state index in [0.29, 0.717) is 0 Å². The molecule has 0 aliphatic rings. The van der Waals surface area contributed by atoms with Crippen molar-refractivity contribution in [1.29, 1.82) is 0 Å². The first-order valence-corrected chi connectivity index (χ1v) is 7.64. The zero-order valence-electron chi connectivity index (χ0n) is 11.3. The Kier molecular flexibility index (Phi) is 6.41. The number of carbonyl (C=O) groups is 1. The van der Waals surface area contributed by atoms with Gasteiger partial charge in [-0.3, -0.25) is 4.79 Å². The highest BCUT2D eigenvalue weighted by atomic mass is 32.2. The maximum Gasteiger partial charge on any atom is 0.292 e. The highest BCUT2D eigenvalue weighted by Crippen LogP contribution is 2.15. The highest BCUT2D eigenvalue weighted by Gasteiger charge is 2.37. The topological polar surface area (TPSA) is 164 Å². The Hall–Kier alpha value is -1.56. The van der Waals surface area contributed by atoms with E-state index in [1.165, 1.54) is 18.2 Å². The molecule has 1 aromatic rings. The van der Waals surface area contributed by atoms with Crippen LogP contribution in [0.25, 0.3) is 0 Å². The third-order valence-corrected chi connectivity index (χ3v) is 4.15. The average molecular weight is 335 g/mol. The third kappa shape index (κ3) is 4.47. The predicted octanol–water partition coefficient (Wildman–Crippen LogP) is -2.59. The molecule has 9 nitrogen and oxygen atoms in total. The molecule has 0 aliphatic carbocycles. The van der Waals surface area contributed by atoms with Gasteiger partial charge in [0.25, 0.3) is 15.1 Å². The molecule has 6 N–H and O–H groups in total. The summed E-state index contributed by atoms with van der Waals surface area (Å²) in [6.45, 7) is -1.37. The molecule has 1 rings (SSSR count). The summed E-state index contributed by atoms with van der Waals surface area (Å²) in [7, 11) is -4.66. The van der Waals surface area contributed by atoms with Crippen LogP contribution in [0.1, 0.15) is 5.56 Å². The van der Waals surface area contributed by atoms with Gasteiger partial charge in [-0.05, 0) is 6.07 Å². The normalized spacial score (nSPS) is 16.0. The number of aliphatic hydroxyl groups is 4. The minimum atomic E-state index is -4.66. The van der Waals surface area contributed by atoms with Gasteiger partial charge in [0.1, 0.15) is 18.0 Å². The number of sulfonamides is 1. The largest absolute Gasteiger partial charge is 0.508 e. The number of phenols is 1. The van der Waals surface area contributed by atoms with Crippen LogP contribution in [-0.4, -0.2) is 64.0 Å².